The van der Waals surface area contributed by atoms with E-state index < -0.39 is 7.82 Å². The van der Waals surface area contributed by atoms with E-state index in [-0.39, 0.29) is 6.10 Å². The van der Waals surface area contributed by atoms with Crippen molar-refractivity contribution in [2.75, 3.05) is 27.2 Å². The van der Waals surface area contributed by atoms with Crippen molar-refractivity contribution in [1.29, 1.82) is 0 Å². The minimum absolute atomic E-state index is 0.374. The average Bonchev–Trinajstić information content (AvgIpc) is 2.76. The molecule has 0 amide bonds. The lowest BCUT2D eigenvalue weighted by molar-refractivity contribution is -0.891. The summed E-state index contributed by atoms with van der Waals surface area (Å²) in [6.07, 6.45) is 28.5. The molecule has 0 bridgehead atoms. The van der Waals surface area contributed by atoms with Crippen molar-refractivity contribution in [2.24, 2.45) is 0 Å². The lowest BCUT2D eigenvalue weighted by Crippen LogP contribution is -2.45. The van der Waals surface area contributed by atoms with Crippen molar-refractivity contribution in [3.05, 3.63) is 12.2 Å². The standard InChI is InChI=1S/C28H58NO4P/c1-5-7-8-9-10-11-12-13-14-15-16-17-18-19-20-21-22-23-24-25-26-28(33-34(30,31)32)27-29(3,4)6-2/h13-14,28H,5-12,15-27H2,1-4H3,(H-,30,31,32)/p+1. The number of likely N-dealkylation sites (N-methyl/N-ethyl adjacent to an activating group) is 1. The third-order valence-corrected chi connectivity index (χ3v) is 7.45. The van der Waals surface area contributed by atoms with E-state index >= 15 is 0 Å². The molecule has 1 atom stereocenters. The number of rotatable bonds is 25. The predicted octanol–water partition coefficient (Wildman–Crippen LogP) is 8.55. The molecule has 2 N–H and O–H groups in total. The van der Waals surface area contributed by atoms with Crippen LogP contribution in [0.15, 0.2) is 12.2 Å². The van der Waals surface area contributed by atoms with Crippen LogP contribution in [-0.4, -0.2) is 47.6 Å². The van der Waals surface area contributed by atoms with Crippen LogP contribution in [0.2, 0.25) is 0 Å². The van der Waals surface area contributed by atoms with Gasteiger partial charge >= 0.3 is 7.82 Å². The van der Waals surface area contributed by atoms with Crippen LogP contribution in [-0.2, 0) is 9.09 Å². The Morgan fingerprint density at radius 1 is 0.706 bits per heavy atom. The summed E-state index contributed by atoms with van der Waals surface area (Å²) in [5.41, 5.74) is 0. The Balaban J connectivity index is 3.55. The van der Waals surface area contributed by atoms with Gasteiger partial charge in [-0.05, 0) is 39.0 Å². The van der Waals surface area contributed by atoms with Gasteiger partial charge in [0.15, 0.2) is 0 Å². The fraction of sp³-hybridized carbons (Fsp3) is 0.929. The van der Waals surface area contributed by atoms with Crippen molar-refractivity contribution in [2.45, 2.75) is 142 Å². The third kappa shape index (κ3) is 24.9. The molecule has 0 rings (SSSR count). The van der Waals surface area contributed by atoms with E-state index in [0.717, 1.165) is 25.8 Å². The molecule has 0 aromatic carbocycles. The highest BCUT2D eigenvalue weighted by atomic mass is 31.2. The number of unbranched alkanes of at least 4 members (excludes halogenated alkanes) is 16. The van der Waals surface area contributed by atoms with Crippen LogP contribution in [0.4, 0.5) is 0 Å². The Kier molecular flexibility index (Phi) is 21.9. The van der Waals surface area contributed by atoms with Crippen molar-refractivity contribution >= 4 is 7.82 Å². The van der Waals surface area contributed by atoms with Gasteiger partial charge < -0.3 is 14.3 Å². The number of allylic oxidation sites excluding steroid dienone is 2. The molecule has 0 heterocycles. The first-order chi connectivity index (χ1) is 16.2. The topological polar surface area (TPSA) is 66.8 Å². The molecular weight excluding hydrogens is 445 g/mol. The SMILES string of the molecule is CCCCCCCCC=CCCCCCCCCCCCCC(C[N+](C)(C)CC)OP(=O)(O)O. The Bertz CT molecular complexity index is 519. The first-order valence-corrected chi connectivity index (χ1v) is 15.9. The first-order valence-electron chi connectivity index (χ1n) is 14.4. The van der Waals surface area contributed by atoms with Crippen LogP contribution in [0.25, 0.3) is 0 Å². The maximum atomic E-state index is 11.3. The molecule has 204 valence electrons. The van der Waals surface area contributed by atoms with Crippen molar-refractivity contribution in [1.82, 2.24) is 0 Å². The molecule has 0 aromatic rings. The summed E-state index contributed by atoms with van der Waals surface area (Å²) in [5.74, 6) is 0. The van der Waals surface area contributed by atoms with Gasteiger partial charge in [-0.15, -0.1) is 0 Å². The third-order valence-electron chi connectivity index (χ3n) is 6.88. The van der Waals surface area contributed by atoms with Crippen LogP contribution < -0.4 is 0 Å². The zero-order valence-corrected chi connectivity index (χ0v) is 24.1. The molecular formula is C28H59NO4P+. The van der Waals surface area contributed by atoms with Gasteiger partial charge in [0.2, 0.25) is 0 Å². The monoisotopic (exact) mass is 504 g/mol. The summed E-state index contributed by atoms with van der Waals surface area (Å²) in [6, 6.07) is 0. The van der Waals surface area contributed by atoms with Crippen molar-refractivity contribution < 1.29 is 23.4 Å². The second kappa shape index (κ2) is 22.0. The molecule has 0 saturated heterocycles. The minimum Gasteiger partial charge on any atom is -0.327 e. The number of hydrogen-bond acceptors (Lipinski definition) is 2. The summed E-state index contributed by atoms with van der Waals surface area (Å²) in [5, 5.41) is 0. The van der Waals surface area contributed by atoms with E-state index in [2.05, 4.69) is 40.1 Å². The molecule has 34 heavy (non-hydrogen) atoms. The Labute approximate surface area is 212 Å². The maximum absolute atomic E-state index is 11.3. The fourth-order valence-corrected chi connectivity index (χ4v) is 4.94. The minimum atomic E-state index is -4.43. The van der Waals surface area contributed by atoms with Crippen LogP contribution >= 0.6 is 7.82 Å². The molecule has 6 heteroatoms. The lowest BCUT2D eigenvalue weighted by Gasteiger charge is -2.32. The van der Waals surface area contributed by atoms with Crippen molar-refractivity contribution in [3.63, 3.8) is 0 Å². The molecule has 1 unspecified atom stereocenters. The smallest absolute Gasteiger partial charge is 0.327 e. The zero-order valence-electron chi connectivity index (χ0n) is 23.2. The average molecular weight is 505 g/mol. The predicted molar refractivity (Wildman–Crippen MR) is 147 cm³/mol. The molecule has 0 aliphatic heterocycles. The number of hydrogen-bond donors (Lipinski definition) is 2. The molecule has 0 aliphatic carbocycles. The van der Waals surface area contributed by atoms with Gasteiger partial charge in [-0.3, -0.25) is 4.52 Å². The molecule has 0 aromatic heterocycles. The first kappa shape index (κ1) is 33.8. The van der Waals surface area contributed by atoms with Gasteiger partial charge in [-0.1, -0.05) is 109 Å². The van der Waals surface area contributed by atoms with E-state index in [0.29, 0.717) is 11.0 Å². The maximum Gasteiger partial charge on any atom is 0.470 e. The normalized spacial score (nSPS) is 13.7. The van der Waals surface area contributed by atoms with Gasteiger partial charge in [-0.25, -0.2) is 4.57 Å². The van der Waals surface area contributed by atoms with E-state index in [9.17, 15) is 14.4 Å². The van der Waals surface area contributed by atoms with E-state index in [4.69, 9.17) is 4.52 Å². The van der Waals surface area contributed by atoms with Crippen LogP contribution in [0.1, 0.15) is 136 Å². The Morgan fingerprint density at radius 2 is 1.12 bits per heavy atom. The number of phosphoric ester groups is 1. The Morgan fingerprint density at radius 3 is 1.53 bits per heavy atom. The van der Waals surface area contributed by atoms with Crippen molar-refractivity contribution in [3.8, 4) is 0 Å². The highest BCUT2D eigenvalue weighted by Crippen LogP contribution is 2.39. The largest absolute Gasteiger partial charge is 0.470 e. The molecule has 0 aliphatic rings. The lowest BCUT2D eigenvalue weighted by atomic mass is 10.0. The molecule has 0 fully saturated rings. The van der Waals surface area contributed by atoms with Gasteiger partial charge in [0.05, 0.1) is 20.6 Å². The molecule has 0 radical (unpaired) electrons. The van der Waals surface area contributed by atoms with Gasteiger partial charge in [0.25, 0.3) is 0 Å². The second-order valence-corrected chi connectivity index (χ2v) is 12.0. The van der Waals surface area contributed by atoms with E-state index in [1.807, 2.05) is 0 Å². The Hall–Kier alpha value is -0.190. The molecule has 0 spiro atoms. The quantitative estimate of drug-likeness (QED) is 0.0565. The van der Waals surface area contributed by atoms with Crippen LogP contribution in [0.3, 0.4) is 0 Å². The summed E-state index contributed by atoms with van der Waals surface area (Å²) < 4.78 is 17.1. The summed E-state index contributed by atoms with van der Waals surface area (Å²) in [6.45, 7) is 5.91. The van der Waals surface area contributed by atoms with Gasteiger partial charge in [0, 0.05) is 0 Å². The highest BCUT2D eigenvalue weighted by Gasteiger charge is 2.27. The van der Waals surface area contributed by atoms with Gasteiger partial charge in [0.1, 0.15) is 12.6 Å². The summed E-state index contributed by atoms with van der Waals surface area (Å²) in [4.78, 5) is 18.4. The van der Waals surface area contributed by atoms with E-state index in [1.165, 1.54) is 103 Å². The van der Waals surface area contributed by atoms with Gasteiger partial charge in [-0.2, -0.15) is 0 Å². The number of quaternary nitrogens is 1. The zero-order chi connectivity index (χ0) is 25.5. The highest BCUT2D eigenvalue weighted by molar-refractivity contribution is 7.46. The van der Waals surface area contributed by atoms with Crippen LogP contribution in [0.5, 0.6) is 0 Å². The van der Waals surface area contributed by atoms with Crippen LogP contribution in [0, 0.1) is 0 Å². The number of phosphoric acid groups is 1. The number of nitrogens with zero attached hydrogens (tertiary/aromatic N) is 1. The molecule has 0 saturated carbocycles. The molecule has 5 nitrogen and oxygen atoms in total. The summed E-state index contributed by atoms with van der Waals surface area (Å²) in [7, 11) is -0.281. The summed E-state index contributed by atoms with van der Waals surface area (Å²) >= 11 is 0. The second-order valence-electron chi connectivity index (χ2n) is 10.8. The van der Waals surface area contributed by atoms with E-state index in [1.54, 1.807) is 0 Å². The fourth-order valence-electron chi connectivity index (χ4n) is 4.38.